The van der Waals surface area contributed by atoms with E-state index in [1.54, 1.807) is 64.1 Å². The quantitative estimate of drug-likeness (QED) is 0.306. The lowest BCUT2D eigenvalue weighted by Gasteiger charge is -2.21. The SMILES string of the molecule is CC1=C(C)C(=O)C(CNC(=O)OC(C)NC(=O)C(C)c2ccc(NC(=O)c3ccccn3)c(Br)c2)=C(C)C1=O. The summed E-state index contributed by atoms with van der Waals surface area (Å²) in [7, 11) is 0. The molecule has 1 aliphatic carbocycles. The fraction of sp³-hybridized carbons (Fsp3) is 0.286. The normalized spacial score (nSPS) is 15.0. The van der Waals surface area contributed by atoms with Gasteiger partial charge < -0.3 is 20.7 Å². The van der Waals surface area contributed by atoms with Gasteiger partial charge in [-0.25, -0.2) is 4.79 Å². The highest BCUT2D eigenvalue weighted by Crippen LogP contribution is 2.28. The predicted octanol–water partition coefficient (Wildman–Crippen LogP) is 4.19. The molecule has 0 fully saturated rings. The van der Waals surface area contributed by atoms with Crippen molar-refractivity contribution in [3.05, 3.63) is 80.6 Å². The summed E-state index contributed by atoms with van der Waals surface area (Å²) in [6.45, 7) is 7.72. The van der Waals surface area contributed by atoms with Gasteiger partial charge in [-0.05, 0) is 80.4 Å². The van der Waals surface area contributed by atoms with Crippen molar-refractivity contribution in [1.29, 1.82) is 0 Å². The van der Waals surface area contributed by atoms with Crippen LogP contribution < -0.4 is 16.0 Å². The molecular formula is C28H29BrN4O6. The third kappa shape index (κ3) is 7.05. The van der Waals surface area contributed by atoms with E-state index in [0.29, 0.717) is 26.9 Å². The van der Waals surface area contributed by atoms with Gasteiger partial charge in [0.25, 0.3) is 5.91 Å². The van der Waals surface area contributed by atoms with E-state index in [0.717, 1.165) is 0 Å². The first-order valence-electron chi connectivity index (χ1n) is 12.1. The number of ketones is 2. The highest BCUT2D eigenvalue weighted by molar-refractivity contribution is 9.10. The molecule has 0 spiro atoms. The number of Topliss-reactive ketones (excluding diaryl/α,β-unsaturated/α-hetero) is 2. The summed E-state index contributed by atoms with van der Waals surface area (Å²) in [5, 5.41) is 7.85. The Bertz CT molecular complexity index is 1400. The highest BCUT2D eigenvalue weighted by Gasteiger charge is 2.28. The molecule has 0 radical (unpaired) electrons. The Balaban J connectivity index is 1.53. The van der Waals surface area contributed by atoms with Crippen molar-refractivity contribution < 1.29 is 28.7 Å². The average Bonchev–Trinajstić information content (AvgIpc) is 2.91. The number of ether oxygens (including phenoxy) is 1. The summed E-state index contributed by atoms with van der Waals surface area (Å²) >= 11 is 3.42. The van der Waals surface area contributed by atoms with E-state index in [4.69, 9.17) is 4.74 Å². The van der Waals surface area contributed by atoms with E-state index in [1.165, 1.54) is 13.1 Å². The monoisotopic (exact) mass is 596 g/mol. The molecule has 1 aliphatic rings. The van der Waals surface area contributed by atoms with Crippen LogP contribution in [-0.2, 0) is 19.1 Å². The zero-order chi connectivity index (χ0) is 28.9. The molecule has 204 valence electrons. The Morgan fingerprint density at radius 3 is 2.31 bits per heavy atom. The van der Waals surface area contributed by atoms with Gasteiger partial charge in [0.2, 0.25) is 5.91 Å². The van der Waals surface area contributed by atoms with Crippen molar-refractivity contribution in [2.45, 2.75) is 46.8 Å². The van der Waals surface area contributed by atoms with Crippen molar-refractivity contribution in [2.75, 3.05) is 11.9 Å². The van der Waals surface area contributed by atoms with Crippen molar-refractivity contribution in [3.63, 3.8) is 0 Å². The van der Waals surface area contributed by atoms with Gasteiger partial charge in [-0.15, -0.1) is 0 Å². The van der Waals surface area contributed by atoms with Crippen LogP contribution in [0.4, 0.5) is 10.5 Å². The number of hydrogen-bond acceptors (Lipinski definition) is 7. The maximum Gasteiger partial charge on any atom is 0.409 e. The zero-order valence-electron chi connectivity index (χ0n) is 22.2. The van der Waals surface area contributed by atoms with Gasteiger partial charge in [-0.2, -0.15) is 0 Å². The van der Waals surface area contributed by atoms with Gasteiger partial charge in [0.1, 0.15) is 5.69 Å². The van der Waals surface area contributed by atoms with Gasteiger partial charge in [0, 0.05) is 33.0 Å². The minimum absolute atomic E-state index is 0.172. The van der Waals surface area contributed by atoms with Crippen molar-refractivity contribution in [3.8, 4) is 0 Å². The number of alkyl carbamates (subject to hydrolysis) is 1. The van der Waals surface area contributed by atoms with Crippen molar-refractivity contribution in [2.24, 2.45) is 0 Å². The van der Waals surface area contributed by atoms with Gasteiger partial charge in [0.05, 0.1) is 18.2 Å². The summed E-state index contributed by atoms with van der Waals surface area (Å²) in [6.07, 6.45) is -0.294. The Morgan fingerprint density at radius 2 is 1.67 bits per heavy atom. The fourth-order valence-electron chi connectivity index (χ4n) is 3.82. The van der Waals surface area contributed by atoms with Crippen LogP contribution in [0, 0.1) is 0 Å². The number of hydrogen-bond donors (Lipinski definition) is 3. The number of carbonyl (C=O) groups excluding carboxylic acids is 5. The highest BCUT2D eigenvalue weighted by atomic mass is 79.9. The molecule has 3 rings (SSSR count). The molecule has 0 saturated carbocycles. The van der Waals surface area contributed by atoms with E-state index in [-0.39, 0.29) is 40.9 Å². The second-order valence-corrected chi connectivity index (χ2v) is 9.91. The van der Waals surface area contributed by atoms with Gasteiger partial charge in [-0.3, -0.25) is 24.2 Å². The average molecular weight is 597 g/mol. The lowest BCUT2D eigenvalue weighted by atomic mass is 9.86. The Hall–Kier alpha value is -4.12. The number of anilines is 1. The van der Waals surface area contributed by atoms with Crippen LogP contribution in [0.1, 0.15) is 56.6 Å². The molecule has 2 aromatic rings. The molecule has 1 aromatic heterocycles. The molecule has 3 amide bonds. The number of nitrogens with zero attached hydrogens (tertiary/aromatic N) is 1. The molecule has 0 bridgehead atoms. The van der Waals surface area contributed by atoms with E-state index < -0.39 is 24.1 Å². The summed E-state index contributed by atoms with van der Waals surface area (Å²) in [5.41, 5.74) is 2.67. The van der Waals surface area contributed by atoms with Crippen molar-refractivity contribution >= 4 is 51.1 Å². The molecule has 11 heteroatoms. The predicted molar refractivity (Wildman–Crippen MR) is 148 cm³/mol. The van der Waals surface area contributed by atoms with Gasteiger partial charge in [-0.1, -0.05) is 12.1 Å². The number of halogens is 1. The van der Waals surface area contributed by atoms with Gasteiger partial charge in [0.15, 0.2) is 17.8 Å². The third-order valence-corrected chi connectivity index (χ3v) is 7.04. The summed E-state index contributed by atoms with van der Waals surface area (Å²) < 4.78 is 5.77. The molecule has 39 heavy (non-hydrogen) atoms. The molecule has 1 aromatic carbocycles. The standard InChI is InChI=1S/C28H29BrN4O6/c1-14-15(2)25(35)20(17(4)24(14)34)13-31-28(38)39-18(5)32-26(36)16(3)19-9-10-22(21(29)12-19)33-27(37)23-8-6-7-11-30-23/h6-12,16,18H,13H2,1-5H3,(H,31,38)(H,32,36)(H,33,37). The first kappa shape index (κ1) is 29.4. The van der Waals surface area contributed by atoms with Crippen LogP contribution in [0.3, 0.4) is 0 Å². The number of aromatic nitrogens is 1. The van der Waals surface area contributed by atoms with E-state index in [1.807, 2.05) is 0 Å². The largest absolute Gasteiger partial charge is 0.426 e. The van der Waals surface area contributed by atoms with Crippen molar-refractivity contribution in [1.82, 2.24) is 15.6 Å². The Labute approximate surface area is 234 Å². The van der Waals surface area contributed by atoms with Crippen LogP contribution in [0.15, 0.2) is 69.4 Å². The maximum atomic E-state index is 12.8. The molecule has 2 unspecified atom stereocenters. The molecule has 0 aliphatic heterocycles. The number of nitrogens with one attached hydrogen (secondary N) is 3. The molecule has 3 N–H and O–H groups in total. The first-order valence-corrected chi connectivity index (χ1v) is 12.9. The van der Waals surface area contributed by atoms with Crippen LogP contribution in [-0.4, -0.2) is 47.2 Å². The van der Waals surface area contributed by atoms with Crippen LogP contribution in [0.2, 0.25) is 0 Å². The molecule has 0 saturated heterocycles. The van der Waals surface area contributed by atoms with Crippen LogP contribution in [0.5, 0.6) is 0 Å². The first-order chi connectivity index (χ1) is 18.4. The second-order valence-electron chi connectivity index (χ2n) is 9.05. The lowest BCUT2D eigenvalue weighted by molar-refractivity contribution is -0.124. The van der Waals surface area contributed by atoms with Crippen LogP contribution in [0.25, 0.3) is 0 Å². The number of pyridine rings is 1. The Morgan fingerprint density at radius 1 is 0.974 bits per heavy atom. The third-order valence-electron chi connectivity index (χ3n) is 6.38. The number of rotatable bonds is 8. The van der Waals surface area contributed by atoms with E-state index in [9.17, 15) is 24.0 Å². The van der Waals surface area contributed by atoms with Crippen LogP contribution >= 0.6 is 15.9 Å². The molecule has 10 nitrogen and oxygen atoms in total. The van der Waals surface area contributed by atoms with E-state index >= 15 is 0 Å². The topological polar surface area (TPSA) is 144 Å². The summed E-state index contributed by atoms with van der Waals surface area (Å²) in [4.78, 5) is 66.2. The lowest BCUT2D eigenvalue weighted by Crippen LogP contribution is -2.41. The maximum absolute atomic E-state index is 12.8. The number of amides is 3. The zero-order valence-corrected chi connectivity index (χ0v) is 23.8. The minimum Gasteiger partial charge on any atom is -0.426 e. The molecular weight excluding hydrogens is 568 g/mol. The number of benzene rings is 1. The molecule has 2 atom stereocenters. The second kappa shape index (κ2) is 12.6. The van der Waals surface area contributed by atoms with Gasteiger partial charge >= 0.3 is 6.09 Å². The number of allylic oxidation sites excluding steroid dienone is 3. The fourth-order valence-corrected chi connectivity index (χ4v) is 4.32. The summed E-state index contributed by atoms with van der Waals surface area (Å²) in [5.74, 6) is -1.90. The number of carbonyl (C=O) groups is 5. The minimum atomic E-state index is -0.969. The Kier molecular flexibility index (Phi) is 9.52. The molecule has 1 heterocycles. The van der Waals surface area contributed by atoms with E-state index in [2.05, 4.69) is 36.9 Å². The summed E-state index contributed by atoms with van der Waals surface area (Å²) in [6, 6.07) is 10.1. The smallest absolute Gasteiger partial charge is 0.409 e.